The van der Waals surface area contributed by atoms with Crippen LogP contribution in [0.5, 0.6) is 0 Å². The highest BCUT2D eigenvalue weighted by atomic mass is 15.2. The first-order chi connectivity index (χ1) is 9.83. The minimum atomic E-state index is 1.02. The molecule has 20 heavy (non-hydrogen) atoms. The van der Waals surface area contributed by atoms with Crippen LogP contribution in [-0.2, 0) is 0 Å². The van der Waals surface area contributed by atoms with Gasteiger partial charge in [0.25, 0.3) is 0 Å². The number of anilines is 1. The largest absolute Gasteiger partial charge is 0.356 e. The Hall–Kier alpha value is -2.03. The Balaban J connectivity index is 2.01. The van der Waals surface area contributed by atoms with Gasteiger partial charge < -0.3 is 9.88 Å². The second kappa shape index (κ2) is 4.51. The van der Waals surface area contributed by atoms with Gasteiger partial charge in [0.2, 0.25) is 0 Å². The van der Waals surface area contributed by atoms with E-state index in [1.165, 1.54) is 41.1 Å². The van der Waals surface area contributed by atoms with E-state index in [4.69, 9.17) is 4.98 Å². The summed E-state index contributed by atoms with van der Waals surface area (Å²) in [6.07, 6.45) is 3.90. The van der Waals surface area contributed by atoms with Gasteiger partial charge in [-0.3, -0.25) is 0 Å². The molecule has 1 saturated heterocycles. The third-order valence-corrected chi connectivity index (χ3v) is 4.26. The lowest BCUT2D eigenvalue weighted by Gasteiger charge is -2.28. The summed E-state index contributed by atoms with van der Waals surface area (Å²) in [4.78, 5) is 10.8. The van der Waals surface area contributed by atoms with Crippen molar-refractivity contribution in [3.05, 3.63) is 36.0 Å². The molecule has 3 aromatic rings. The van der Waals surface area contributed by atoms with Gasteiger partial charge in [-0.2, -0.15) is 0 Å². The Kier molecular flexibility index (Phi) is 2.66. The van der Waals surface area contributed by atoms with Gasteiger partial charge in [0, 0.05) is 29.6 Å². The summed E-state index contributed by atoms with van der Waals surface area (Å²) in [6, 6.07) is 10.8. The summed E-state index contributed by atoms with van der Waals surface area (Å²) in [7, 11) is 0. The maximum atomic E-state index is 4.92. The average molecular weight is 265 g/mol. The highest BCUT2D eigenvalue weighted by Gasteiger charge is 2.17. The lowest BCUT2D eigenvalue weighted by Crippen LogP contribution is -2.30. The molecule has 0 unspecified atom stereocenters. The Bertz CT molecular complexity index is 766. The molecule has 1 aliphatic rings. The second-order valence-electron chi connectivity index (χ2n) is 5.74. The molecule has 0 radical (unpaired) electrons. The SMILES string of the molecule is Cc1cc2c(nc(N3CCCCC3)c3ccccc32)[nH]1. The Morgan fingerprint density at radius 1 is 1.00 bits per heavy atom. The minimum Gasteiger partial charge on any atom is -0.356 e. The van der Waals surface area contributed by atoms with Crippen LogP contribution in [0.4, 0.5) is 5.82 Å². The highest BCUT2D eigenvalue weighted by molar-refractivity contribution is 6.09. The van der Waals surface area contributed by atoms with E-state index in [1.807, 2.05) is 0 Å². The van der Waals surface area contributed by atoms with Gasteiger partial charge in [0.1, 0.15) is 11.5 Å². The minimum absolute atomic E-state index is 1.02. The number of aryl methyl sites for hydroxylation is 1. The van der Waals surface area contributed by atoms with Crippen molar-refractivity contribution in [3.63, 3.8) is 0 Å². The normalized spacial score (nSPS) is 16.1. The third-order valence-electron chi connectivity index (χ3n) is 4.26. The van der Waals surface area contributed by atoms with Gasteiger partial charge in [0.05, 0.1) is 0 Å². The van der Waals surface area contributed by atoms with Crippen LogP contribution in [-0.4, -0.2) is 23.1 Å². The molecule has 1 aliphatic heterocycles. The summed E-state index contributed by atoms with van der Waals surface area (Å²) in [5, 5.41) is 3.82. The van der Waals surface area contributed by atoms with Crippen molar-refractivity contribution in [2.75, 3.05) is 18.0 Å². The van der Waals surface area contributed by atoms with Gasteiger partial charge >= 0.3 is 0 Å². The van der Waals surface area contributed by atoms with Gasteiger partial charge in [-0.25, -0.2) is 4.98 Å². The number of hydrogen-bond acceptors (Lipinski definition) is 2. The number of H-pyrrole nitrogens is 1. The monoisotopic (exact) mass is 265 g/mol. The smallest absolute Gasteiger partial charge is 0.140 e. The van der Waals surface area contributed by atoms with E-state index in [2.05, 4.69) is 47.1 Å². The van der Waals surface area contributed by atoms with E-state index in [0.717, 1.165) is 24.6 Å². The topological polar surface area (TPSA) is 31.9 Å². The van der Waals surface area contributed by atoms with Crippen LogP contribution < -0.4 is 4.90 Å². The van der Waals surface area contributed by atoms with Gasteiger partial charge in [0.15, 0.2) is 0 Å². The Morgan fingerprint density at radius 3 is 2.55 bits per heavy atom. The zero-order valence-corrected chi connectivity index (χ0v) is 11.8. The predicted octanol–water partition coefficient (Wildman–Crippen LogP) is 4.01. The fourth-order valence-corrected chi connectivity index (χ4v) is 3.29. The molecule has 0 aliphatic carbocycles. The number of pyridine rings is 1. The fourth-order valence-electron chi connectivity index (χ4n) is 3.29. The van der Waals surface area contributed by atoms with Gasteiger partial charge in [-0.15, -0.1) is 0 Å². The summed E-state index contributed by atoms with van der Waals surface area (Å²) in [6.45, 7) is 4.35. The van der Waals surface area contributed by atoms with Crippen molar-refractivity contribution in [3.8, 4) is 0 Å². The standard InChI is InChI=1S/C17H19N3/c1-12-11-15-13-7-3-4-8-14(13)17(19-16(15)18-12)20-9-5-2-6-10-20/h3-4,7-8,11H,2,5-6,9-10H2,1H3,(H,18,19). The molecule has 0 spiro atoms. The molecular weight excluding hydrogens is 246 g/mol. The summed E-state index contributed by atoms with van der Waals surface area (Å²) in [5.74, 6) is 1.15. The fraction of sp³-hybridized carbons (Fsp3) is 0.353. The Labute approximate surface area is 118 Å². The zero-order valence-electron chi connectivity index (χ0n) is 11.8. The van der Waals surface area contributed by atoms with Gasteiger partial charge in [-0.1, -0.05) is 24.3 Å². The van der Waals surface area contributed by atoms with E-state index in [9.17, 15) is 0 Å². The zero-order chi connectivity index (χ0) is 13.5. The van der Waals surface area contributed by atoms with Crippen LogP contribution in [0.3, 0.4) is 0 Å². The van der Waals surface area contributed by atoms with Crippen molar-refractivity contribution in [2.45, 2.75) is 26.2 Å². The first-order valence-corrected chi connectivity index (χ1v) is 7.46. The highest BCUT2D eigenvalue weighted by Crippen LogP contribution is 2.32. The molecule has 1 fully saturated rings. The molecule has 4 rings (SSSR count). The van der Waals surface area contributed by atoms with Crippen molar-refractivity contribution in [1.82, 2.24) is 9.97 Å². The second-order valence-corrected chi connectivity index (χ2v) is 5.74. The summed E-state index contributed by atoms with van der Waals surface area (Å²) in [5.41, 5.74) is 2.19. The van der Waals surface area contributed by atoms with Crippen LogP contribution in [0, 0.1) is 6.92 Å². The number of rotatable bonds is 1. The van der Waals surface area contributed by atoms with Crippen molar-refractivity contribution >= 4 is 27.6 Å². The van der Waals surface area contributed by atoms with E-state index in [0.29, 0.717) is 0 Å². The molecule has 1 N–H and O–H groups in total. The molecule has 2 aromatic heterocycles. The number of benzene rings is 1. The quantitative estimate of drug-likeness (QED) is 0.720. The summed E-state index contributed by atoms with van der Waals surface area (Å²) >= 11 is 0. The average Bonchev–Trinajstić information content (AvgIpc) is 2.88. The van der Waals surface area contributed by atoms with Gasteiger partial charge in [-0.05, 0) is 37.6 Å². The summed E-state index contributed by atoms with van der Waals surface area (Å²) < 4.78 is 0. The Morgan fingerprint density at radius 2 is 1.75 bits per heavy atom. The number of hydrogen-bond donors (Lipinski definition) is 1. The predicted molar refractivity (Wildman–Crippen MR) is 84.4 cm³/mol. The molecule has 0 saturated carbocycles. The van der Waals surface area contributed by atoms with Crippen molar-refractivity contribution < 1.29 is 0 Å². The molecule has 3 heteroatoms. The molecule has 3 nitrogen and oxygen atoms in total. The lowest BCUT2D eigenvalue weighted by atomic mass is 10.1. The number of nitrogens with one attached hydrogen (secondary N) is 1. The van der Waals surface area contributed by atoms with Crippen LogP contribution in [0.25, 0.3) is 21.8 Å². The molecule has 0 bridgehead atoms. The number of fused-ring (bicyclic) bond motifs is 3. The van der Waals surface area contributed by atoms with E-state index < -0.39 is 0 Å². The first-order valence-electron chi connectivity index (χ1n) is 7.46. The molecule has 0 atom stereocenters. The number of aromatic nitrogens is 2. The van der Waals surface area contributed by atoms with Crippen LogP contribution in [0.1, 0.15) is 25.0 Å². The van der Waals surface area contributed by atoms with E-state index >= 15 is 0 Å². The van der Waals surface area contributed by atoms with E-state index in [1.54, 1.807) is 0 Å². The lowest BCUT2D eigenvalue weighted by molar-refractivity contribution is 0.575. The van der Waals surface area contributed by atoms with Crippen LogP contribution >= 0.6 is 0 Å². The first kappa shape index (κ1) is 11.8. The third kappa shape index (κ3) is 1.77. The van der Waals surface area contributed by atoms with Crippen LogP contribution in [0.15, 0.2) is 30.3 Å². The van der Waals surface area contributed by atoms with Crippen LogP contribution in [0.2, 0.25) is 0 Å². The molecule has 1 aromatic carbocycles. The number of nitrogens with zero attached hydrogens (tertiary/aromatic N) is 2. The maximum absolute atomic E-state index is 4.92. The number of aromatic amines is 1. The van der Waals surface area contributed by atoms with Crippen molar-refractivity contribution in [2.24, 2.45) is 0 Å². The molecule has 102 valence electrons. The van der Waals surface area contributed by atoms with Crippen molar-refractivity contribution in [1.29, 1.82) is 0 Å². The molecule has 3 heterocycles. The number of piperidine rings is 1. The van der Waals surface area contributed by atoms with E-state index in [-0.39, 0.29) is 0 Å². The molecule has 0 amide bonds. The molecular formula is C17H19N3. The maximum Gasteiger partial charge on any atom is 0.140 e.